The molecule has 0 amide bonds. The number of fused-ring (bicyclic) bond motifs is 1. The van der Waals surface area contributed by atoms with Crippen molar-refractivity contribution in [1.82, 2.24) is 10.2 Å². The first kappa shape index (κ1) is 13.2. The molecule has 1 N–H and O–H groups in total. The van der Waals surface area contributed by atoms with Gasteiger partial charge in [-0.15, -0.1) is 12.4 Å². The molecular formula is C10H21ClN2O2. The average molecular weight is 237 g/mol. The lowest BCUT2D eigenvalue weighted by atomic mass is 10.1. The van der Waals surface area contributed by atoms with Gasteiger partial charge in [0.1, 0.15) is 0 Å². The third-order valence-corrected chi connectivity index (χ3v) is 3.21. The van der Waals surface area contributed by atoms with Gasteiger partial charge in [0.05, 0.1) is 19.3 Å². The zero-order chi connectivity index (χ0) is 9.97. The van der Waals surface area contributed by atoms with Crippen molar-refractivity contribution in [2.45, 2.75) is 25.1 Å². The summed E-state index contributed by atoms with van der Waals surface area (Å²) in [5.41, 5.74) is 0. The van der Waals surface area contributed by atoms with Crippen LogP contribution in [-0.2, 0) is 9.47 Å². The van der Waals surface area contributed by atoms with Crippen LogP contribution in [-0.4, -0.2) is 63.0 Å². The highest BCUT2D eigenvalue weighted by molar-refractivity contribution is 5.85. The topological polar surface area (TPSA) is 33.7 Å². The fraction of sp³-hybridized carbons (Fsp3) is 1.00. The van der Waals surface area contributed by atoms with Crippen LogP contribution in [0.15, 0.2) is 0 Å². The predicted molar refractivity (Wildman–Crippen MR) is 61.7 cm³/mol. The van der Waals surface area contributed by atoms with Crippen LogP contribution in [0.25, 0.3) is 0 Å². The molecule has 0 saturated carbocycles. The van der Waals surface area contributed by atoms with Crippen molar-refractivity contribution in [3.8, 4) is 0 Å². The molecule has 0 aromatic carbocycles. The second kappa shape index (κ2) is 6.01. The molecule has 4 nitrogen and oxygen atoms in total. The van der Waals surface area contributed by atoms with Crippen LogP contribution in [0.3, 0.4) is 0 Å². The molecule has 2 aliphatic rings. The molecule has 0 radical (unpaired) electrons. The van der Waals surface area contributed by atoms with E-state index in [2.05, 4.69) is 17.1 Å². The number of rotatable bonds is 3. The first-order valence-corrected chi connectivity index (χ1v) is 5.40. The molecule has 15 heavy (non-hydrogen) atoms. The van der Waals surface area contributed by atoms with Crippen LogP contribution >= 0.6 is 12.4 Å². The standard InChI is InChI=1S/C10H20N2O2.ClH/c1-8(7-13-2)12-3-4-14-10-6-11-5-9(10)12;/h8-11H,3-7H2,1-2H3;1H. The van der Waals surface area contributed by atoms with Gasteiger partial charge < -0.3 is 14.8 Å². The number of ether oxygens (including phenoxy) is 2. The van der Waals surface area contributed by atoms with E-state index in [0.29, 0.717) is 18.2 Å². The molecule has 2 aliphatic heterocycles. The maximum absolute atomic E-state index is 5.72. The molecule has 5 heteroatoms. The monoisotopic (exact) mass is 236 g/mol. The van der Waals surface area contributed by atoms with Gasteiger partial charge >= 0.3 is 0 Å². The molecule has 0 aromatic rings. The van der Waals surface area contributed by atoms with Crippen molar-refractivity contribution in [1.29, 1.82) is 0 Å². The fourth-order valence-electron chi connectivity index (χ4n) is 2.50. The minimum atomic E-state index is 0. The number of nitrogens with one attached hydrogen (secondary N) is 1. The van der Waals surface area contributed by atoms with Gasteiger partial charge in [0.25, 0.3) is 0 Å². The maximum atomic E-state index is 5.72. The fourth-order valence-corrected chi connectivity index (χ4v) is 2.50. The number of morpholine rings is 1. The Morgan fingerprint density at radius 1 is 1.53 bits per heavy atom. The summed E-state index contributed by atoms with van der Waals surface area (Å²) >= 11 is 0. The van der Waals surface area contributed by atoms with E-state index in [1.165, 1.54) is 0 Å². The summed E-state index contributed by atoms with van der Waals surface area (Å²) in [6.07, 6.45) is 0.392. The highest BCUT2D eigenvalue weighted by Gasteiger charge is 2.37. The van der Waals surface area contributed by atoms with Gasteiger partial charge in [-0.1, -0.05) is 0 Å². The van der Waals surface area contributed by atoms with Crippen molar-refractivity contribution in [2.24, 2.45) is 0 Å². The summed E-state index contributed by atoms with van der Waals surface area (Å²) in [7, 11) is 1.77. The van der Waals surface area contributed by atoms with Gasteiger partial charge in [-0.05, 0) is 6.92 Å². The van der Waals surface area contributed by atoms with E-state index < -0.39 is 0 Å². The van der Waals surface area contributed by atoms with Crippen molar-refractivity contribution < 1.29 is 9.47 Å². The predicted octanol–water partition coefficient (Wildman–Crippen LogP) is 0.116. The molecule has 2 heterocycles. The van der Waals surface area contributed by atoms with Crippen molar-refractivity contribution >= 4 is 12.4 Å². The second-order valence-corrected chi connectivity index (χ2v) is 4.18. The van der Waals surface area contributed by atoms with Gasteiger partial charge in [-0.25, -0.2) is 0 Å². The molecular weight excluding hydrogens is 216 g/mol. The Morgan fingerprint density at radius 3 is 3.07 bits per heavy atom. The summed E-state index contributed by atoms with van der Waals surface area (Å²) in [5, 5.41) is 3.38. The smallest absolute Gasteiger partial charge is 0.0867 e. The SMILES string of the molecule is COCC(C)N1CCOC2CNCC21.Cl. The summed E-state index contributed by atoms with van der Waals surface area (Å²) in [6.45, 7) is 6.98. The van der Waals surface area contributed by atoms with Gasteiger partial charge in [0, 0.05) is 38.8 Å². The molecule has 2 fully saturated rings. The third kappa shape index (κ3) is 2.82. The Hall–Kier alpha value is 0.130. The van der Waals surface area contributed by atoms with Crippen molar-refractivity contribution in [3.05, 3.63) is 0 Å². The molecule has 90 valence electrons. The van der Waals surface area contributed by atoms with Gasteiger partial charge in [0.15, 0.2) is 0 Å². The Morgan fingerprint density at radius 2 is 2.33 bits per heavy atom. The number of halogens is 1. The minimum Gasteiger partial charge on any atom is -0.383 e. The number of methoxy groups -OCH3 is 1. The Labute approximate surface area is 97.7 Å². The summed E-state index contributed by atoms with van der Waals surface area (Å²) in [4.78, 5) is 2.51. The Kier molecular flexibility index (Phi) is 5.29. The lowest BCUT2D eigenvalue weighted by Gasteiger charge is -2.40. The molecule has 2 rings (SSSR count). The highest BCUT2D eigenvalue weighted by atomic mass is 35.5. The molecule has 0 bridgehead atoms. The van der Waals surface area contributed by atoms with E-state index in [0.717, 1.165) is 32.8 Å². The summed E-state index contributed by atoms with van der Waals surface area (Å²) < 4.78 is 10.9. The maximum Gasteiger partial charge on any atom is 0.0867 e. The normalized spacial score (nSPS) is 33.2. The molecule has 3 unspecified atom stereocenters. The van der Waals surface area contributed by atoms with Crippen molar-refractivity contribution in [2.75, 3.05) is 40.0 Å². The molecule has 3 atom stereocenters. The lowest BCUT2D eigenvalue weighted by Crippen LogP contribution is -2.55. The number of hydrogen-bond acceptors (Lipinski definition) is 4. The molecule has 0 aliphatic carbocycles. The highest BCUT2D eigenvalue weighted by Crippen LogP contribution is 2.19. The van der Waals surface area contributed by atoms with Crippen LogP contribution < -0.4 is 5.32 Å². The van der Waals surface area contributed by atoms with E-state index in [4.69, 9.17) is 9.47 Å². The Bertz CT molecular complexity index is 194. The lowest BCUT2D eigenvalue weighted by molar-refractivity contribution is -0.0700. The van der Waals surface area contributed by atoms with Gasteiger partial charge in [0.2, 0.25) is 0 Å². The van der Waals surface area contributed by atoms with E-state index in [1.54, 1.807) is 7.11 Å². The van der Waals surface area contributed by atoms with Gasteiger partial charge in [-0.2, -0.15) is 0 Å². The van der Waals surface area contributed by atoms with Crippen molar-refractivity contribution in [3.63, 3.8) is 0 Å². The molecule has 2 saturated heterocycles. The third-order valence-electron chi connectivity index (χ3n) is 3.21. The summed E-state index contributed by atoms with van der Waals surface area (Å²) in [6, 6.07) is 1.05. The number of nitrogens with zero attached hydrogens (tertiary/aromatic N) is 1. The zero-order valence-electron chi connectivity index (χ0n) is 9.44. The quantitative estimate of drug-likeness (QED) is 0.755. The second-order valence-electron chi connectivity index (χ2n) is 4.18. The van der Waals surface area contributed by atoms with Gasteiger partial charge in [-0.3, -0.25) is 4.90 Å². The molecule has 0 spiro atoms. The molecule has 0 aromatic heterocycles. The largest absolute Gasteiger partial charge is 0.383 e. The number of hydrogen-bond donors (Lipinski definition) is 1. The average Bonchev–Trinajstić information content (AvgIpc) is 2.65. The first-order valence-electron chi connectivity index (χ1n) is 5.40. The van der Waals surface area contributed by atoms with Crippen LogP contribution in [0.5, 0.6) is 0 Å². The zero-order valence-corrected chi connectivity index (χ0v) is 10.3. The van der Waals surface area contributed by atoms with E-state index in [1.807, 2.05) is 0 Å². The van der Waals surface area contributed by atoms with Crippen LogP contribution in [0.2, 0.25) is 0 Å². The van der Waals surface area contributed by atoms with E-state index in [-0.39, 0.29) is 12.4 Å². The van der Waals surface area contributed by atoms with E-state index in [9.17, 15) is 0 Å². The van der Waals surface area contributed by atoms with Crippen LogP contribution in [0.4, 0.5) is 0 Å². The summed E-state index contributed by atoms with van der Waals surface area (Å²) in [5.74, 6) is 0. The first-order chi connectivity index (χ1) is 6.83. The van der Waals surface area contributed by atoms with Crippen LogP contribution in [0.1, 0.15) is 6.92 Å². The minimum absolute atomic E-state index is 0. The Balaban J connectivity index is 0.00000112. The van der Waals surface area contributed by atoms with Crippen LogP contribution in [0, 0.1) is 0 Å². The van der Waals surface area contributed by atoms with E-state index >= 15 is 0 Å².